The summed E-state index contributed by atoms with van der Waals surface area (Å²) in [6.07, 6.45) is 6.24. The lowest BCUT2D eigenvalue weighted by Crippen LogP contribution is -2.04. The lowest BCUT2D eigenvalue weighted by Gasteiger charge is -2.10. The van der Waals surface area contributed by atoms with Gasteiger partial charge < -0.3 is 4.84 Å². The van der Waals surface area contributed by atoms with Crippen LogP contribution in [0.5, 0.6) is 0 Å². The van der Waals surface area contributed by atoms with Crippen LogP contribution >= 0.6 is 0 Å². The standard InChI is InChI=1S/C7H13NO/c1-9-8-7-5-3-2-4-6-7/h2-6H2,1H3. The van der Waals surface area contributed by atoms with Crippen LogP contribution in [0.2, 0.25) is 0 Å². The fraction of sp³-hybridized carbons (Fsp3) is 0.857. The molecule has 2 heteroatoms. The lowest BCUT2D eigenvalue weighted by molar-refractivity contribution is 0.211. The summed E-state index contributed by atoms with van der Waals surface area (Å²) in [4.78, 5) is 4.67. The summed E-state index contributed by atoms with van der Waals surface area (Å²) in [6.45, 7) is 0. The van der Waals surface area contributed by atoms with Crippen LogP contribution in [-0.2, 0) is 4.84 Å². The van der Waals surface area contributed by atoms with Crippen molar-refractivity contribution in [3.8, 4) is 0 Å². The predicted octanol–water partition coefficient (Wildman–Crippen LogP) is 1.95. The van der Waals surface area contributed by atoms with Crippen molar-refractivity contribution in [2.24, 2.45) is 5.16 Å². The van der Waals surface area contributed by atoms with Crippen LogP contribution in [-0.4, -0.2) is 12.8 Å². The first kappa shape index (κ1) is 6.59. The number of rotatable bonds is 1. The van der Waals surface area contributed by atoms with Gasteiger partial charge in [0.05, 0.1) is 5.71 Å². The van der Waals surface area contributed by atoms with Gasteiger partial charge in [0.1, 0.15) is 7.11 Å². The molecule has 0 atom stereocenters. The van der Waals surface area contributed by atoms with E-state index in [2.05, 4.69) is 9.99 Å². The van der Waals surface area contributed by atoms with Gasteiger partial charge in [0, 0.05) is 0 Å². The molecule has 0 amide bonds. The summed E-state index contributed by atoms with van der Waals surface area (Å²) in [5.74, 6) is 0. The topological polar surface area (TPSA) is 21.6 Å². The van der Waals surface area contributed by atoms with E-state index < -0.39 is 0 Å². The van der Waals surface area contributed by atoms with Crippen molar-refractivity contribution in [1.29, 1.82) is 0 Å². The Kier molecular flexibility index (Phi) is 2.55. The van der Waals surface area contributed by atoms with Gasteiger partial charge in [-0.1, -0.05) is 11.6 Å². The van der Waals surface area contributed by atoms with Gasteiger partial charge in [0.2, 0.25) is 0 Å². The minimum absolute atomic E-state index is 1.15. The molecule has 0 radical (unpaired) electrons. The molecule has 0 aromatic heterocycles. The zero-order valence-corrected chi connectivity index (χ0v) is 5.89. The smallest absolute Gasteiger partial charge is 0.106 e. The molecular weight excluding hydrogens is 114 g/mol. The molecular formula is C7H13NO. The molecule has 0 spiro atoms. The van der Waals surface area contributed by atoms with Gasteiger partial charge in [-0.15, -0.1) is 0 Å². The highest BCUT2D eigenvalue weighted by Gasteiger charge is 2.05. The van der Waals surface area contributed by atoms with Crippen LogP contribution in [0.1, 0.15) is 32.1 Å². The second-order valence-corrected chi connectivity index (χ2v) is 2.40. The molecule has 0 aromatic rings. The van der Waals surface area contributed by atoms with E-state index in [1.165, 1.54) is 25.0 Å². The van der Waals surface area contributed by atoms with E-state index in [1.54, 1.807) is 7.11 Å². The normalized spacial score (nSPS) is 19.4. The van der Waals surface area contributed by atoms with Gasteiger partial charge in [0.25, 0.3) is 0 Å². The van der Waals surface area contributed by atoms with Crippen LogP contribution in [0.4, 0.5) is 0 Å². The van der Waals surface area contributed by atoms with Crippen molar-refractivity contribution < 1.29 is 4.84 Å². The summed E-state index contributed by atoms with van der Waals surface area (Å²) in [7, 11) is 1.61. The van der Waals surface area contributed by atoms with Gasteiger partial charge in [-0.25, -0.2) is 0 Å². The molecule has 1 fully saturated rings. The molecule has 1 aliphatic rings. The van der Waals surface area contributed by atoms with Crippen molar-refractivity contribution in [1.82, 2.24) is 0 Å². The first-order valence-corrected chi connectivity index (χ1v) is 3.52. The molecule has 0 heterocycles. The monoisotopic (exact) mass is 127 g/mol. The molecule has 2 nitrogen and oxygen atoms in total. The van der Waals surface area contributed by atoms with E-state index in [4.69, 9.17) is 0 Å². The fourth-order valence-electron chi connectivity index (χ4n) is 1.18. The Morgan fingerprint density at radius 3 is 2.44 bits per heavy atom. The Morgan fingerprint density at radius 2 is 1.89 bits per heavy atom. The van der Waals surface area contributed by atoms with E-state index in [9.17, 15) is 0 Å². The van der Waals surface area contributed by atoms with E-state index >= 15 is 0 Å². The largest absolute Gasteiger partial charge is 0.399 e. The summed E-state index contributed by atoms with van der Waals surface area (Å²) in [6, 6.07) is 0. The Bertz CT molecular complexity index is 101. The summed E-state index contributed by atoms with van der Waals surface area (Å²) in [5.41, 5.74) is 1.24. The second-order valence-electron chi connectivity index (χ2n) is 2.40. The van der Waals surface area contributed by atoms with E-state index in [0.29, 0.717) is 0 Å². The quantitative estimate of drug-likeness (QED) is 0.493. The highest BCUT2D eigenvalue weighted by molar-refractivity contribution is 5.84. The molecule has 0 bridgehead atoms. The molecule has 1 saturated carbocycles. The average Bonchev–Trinajstić information content (AvgIpc) is 1.91. The van der Waals surface area contributed by atoms with Crippen LogP contribution in [0, 0.1) is 0 Å². The third-order valence-electron chi connectivity index (χ3n) is 1.65. The highest BCUT2D eigenvalue weighted by Crippen LogP contribution is 2.14. The van der Waals surface area contributed by atoms with Gasteiger partial charge in [-0.2, -0.15) is 0 Å². The molecule has 0 N–H and O–H groups in total. The maximum absolute atomic E-state index is 4.67. The fourth-order valence-corrected chi connectivity index (χ4v) is 1.18. The van der Waals surface area contributed by atoms with Gasteiger partial charge in [-0.05, 0) is 25.7 Å². The van der Waals surface area contributed by atoms with Crippen LogP contribution in [0.3, 0.4) is 0 Å². The highest BCUT2D eigenvalue weighted by atomic mass is 16.6. The SMILES string of the molecule is CON=C1CCCCC1. The number of hydrogen-bond acceptors (Lipinski definition) is 2. The van der Waals surface area contributed by atoms with Crippen molar-refractivity contribution in [3.63, 3.8) is 0 Å². The first-order chi connectivity index (χ1) is 4.43. The van der Waals surface area contributed by atoms with Crippen molar-refractivity contribution >= 4 is 5.71 Å². The summed E-state index contributed by atoms with van der Waals surface area (Å²) < 4.78 is 0. The summed E-state index contributed by atoms with van der Waals surface area (Å²) >= 11 is 0. The Labute approximate surface area is 55.9 Å². The predicted molar refractivity (Wildman–Crippen MR) is 37.5 cm³/mol. The molecule has 0 aliphatic heterocycles. The van der Waals surface area contributed by atoms with Crippen LogP contribution in [0.15, 0.2) is 5.16 Å². The molecule has 0 unspecified atom stereocenters. The zero-order valence-electron chi connectivity index (χ0n) is 5.89. The van der Waals surface area contributed by atoms with Gasteiger partial charge in [-0.3, -0.25) is 0 Å². The summed E-state index contributed by atoms with van der Waals surface area (Å²) in [5, 5.41) is 3.90. The maximum Gasteiger partial charge on any atom is 0.106 e. The van der Waals surface area contributed by atoms with Crippen molar-refractivity contribution in [2.75, 3.05) is 7.11 Å². The average molecular weight is 127 g/mol. The molecule has 0 saturated heterocycles. The minimum atomic E-state index is 1.15. The molecule has 0 aromatic carbocycles. The maximum atomic E-state index is 4.67. The van der Waals surface area contributed by atoms with Gasteiger partial charge in [0.15, 0.2) is 0 Å². The molecule has 52 valence electrons. The van der Waals surface area contributed by atoms with E-state index in [1.807, 2.05) is 0 Å². The van der Waals surface area contributed by atoms with Gasteiger partial charge >= 0.3 is 0 Å². The van der Waals surface area contributed by atoms with Crippen LogP contribution < -0.4 is 0 Å². The molecule has 1 rings (SSSR count). The zero-order chi connectivity index (χ0) is 6.53. The van der Waals surface area contributed by atoms with E-state index in [0.717, 1.165) is 12.8 Å². The van der Waals surface area contributed by atoms with Crippen molar-refractivity contribution in [3.05, 3.63) is 0 Å². The molecule has 1 aliphatic carbocycles. The third kappa shape index (κ3) is 2.04. The Hall–Kier alpha value is -0.530. The number of nitrogens with zero attached hydrogens (tertiary/aromatic N) is 1. The van der Waals surface area contributed by atoms with Crippen LogP contribution in [0.25, 0.3) is 0 Å². The molecule has 9 heavy (non-hydrogen) atoms. The number of oxime groups is 1. The second kappa shape index (κ2) is 3.49. The minimum Gasteiger partial charge on any atom is -0.399 e. The Morgan fingerprint density at radius 1 is 1.22 bits per heavy atom. The third-order valence-corrected chi connectivity index (χ3v) is 1.65. The lowest BCUT2D eigenvalue weighted by atomic mass is 9.99. The first-order valence-electron chi connectivity index (χ1n) is 3.52. The van der Waals surface area contributed by atoms with Crippen molar-refractivity contribution in [2.45, 2.75) is 32.1 Å². The number of hydrogen-bond donors (Lipinski definition) is 0. The van der Waals surface area contributed by atoms with E-state index in [-0.39, 0.29) is 0 Å². The Balaban J connectivity index is 2.30.